The Hall–Kier alpha value is -1.97. The first-order valence-corrected chi connectivity index (χ1v) is 4.98. The fraction of sp³-hybridized carbons (Fsp3) is 0.250. The minimum atomic E-state index is -0.362. The number of carbonyl (C=O) groups excluding carboxylic acids is 1. The number of esters is 1. The molecule has 4 nitrogen and oxygen atoms in total. The van der Waals surface area contributed by atoms with Gasteiger partial charge in [0, 0.05) is 5.57 Å². The van der Waals surface area contributed by atoms with Gasteiger partial charge in [0.1, 0.15) is 5.75 Å². The van der Waals surface area contributed by atoms with Crippen molar-refractivity contribution in [2.24, 2.45) is 0 Å². The Balaban J connectivity index is 2.89. The number of phenolic OH excluding ortho intramolecular Hbond substituents is 1. The maximum absolute atomic E-state index is 11.3. The first-order chi connectivity index (χ1) is 7.54. The van der Waals surface area contributed by atoms with Gasteiger partial charge >= 0.3 is 5.97 Å². The fourth-order valence-electron chi connectivity index (χ4n) is 1.20. The molecule has 86 valence electrons. The molecule has 1 aromatic carbocycles. The molecular formula is C12H15NO3. The smallest absolute Gasteiger partial charge is 0.333 e. The normalized spacial score (nSPS) is 11.2. The number of ether oxygens (including phenoxy) is 1. The van der Waals surface area contributed by atoms with E-state index in [2.05, 4.69) is 0 Å². The molecule has 4 heteroatoms. The van der Waals surface area contributed by atoms with Gasteiger partial charge in [-0.1, -0.05) is 6.07 Å². The molecule has 3 N–H and O–H groups in total. The maximum atomic E-state index is 11.3. The maximum Gasteiger partial charge on any atom is 0.333 e. The Bertz CT molecular complexity index is 424. The second kappa shape index (κ2) is 5.21. The van der Waals surface area contributed by atoms with Gasteiger partial charge in [0.25, 0.3) is 0 Å². The van der Waals surface area contributed by atoms with Crippen LogP contribution in [0.15, 0.2) is 23.8 Å². The minimum absolute atomic E-state index is 0.00501. The number of hydrogen-bond acceptors (Lipinski definition) is 4. The summed E-state index contributed by atoms with van der Waals surface area (Å²) in [6, 6.07) is 4.80. The molecule has 0 amide bonds. The number of phenols is 1. The number of nitrogen functional groups attached to an aromatic ring is 1. The lowest BCUT2D eigenvalue weighted by molar-refractivity contribution is -0.138. The lowest BCUT2D eigenvalue weighted by Gasteiger charge is -2.03. The topological polar surface area (TPSA) is 72.5 Å². The summed E-state index contributed by atoms with van der Waals surface area (Å²) in [7, 11) is 0. The lowest BCUT2D eigenvalue weighted by Crippen LogP contribution is -2.04. The van der Waals surface area contributed by atoms with E-state index >= 15 is 0 Å². The van der Waals surface area contributed by atoms with Crippen molar-refractivity contribution >= 4 is 17.7 Å². The third-order valence-corrected chi connectivity index (χ3v) is 2.04. The zero-order valence-corrected chi connectivity index (χ0v) is 9.36. The average Bonchev–Trinajstić information content (AvgIpc) is 2.24. The zero-order valence-electron chi connectivity index (χ0n) is 9.36. The second-order valence-electron chi connectivity index (χ2n) is 3.37. The standard InChI is InChI=1S/C12H15NO3/c1-3-16-12(15)8(2)6-9-4-5-10(13)11(14)7-9/h4-7,14H,3,13H2,1-2H3/b8-6+. The molecule has 1 rings (SSSR count). The second-order valence-corrected chi connectivity index (χ2v) is 3.37. The van der Waals surface area contributed by atoms with Crippen LogP contribution in [0, 0.1) is 0 Å². The molecule has 0 saturated carbocycles. The van der Waals surface area contributed by atoms with Crippen LogP contribution in [0.3, 0.4) is 0 Å². The van der Waals surface area contributed by atoms with Crippen LogP contribution in [0.5, 0.6) is 5.75 Å². The largest absolute Gasteiger partial charge is 0.506 e. The van der Waals surface area contributed by atoms with E-state index in [0.717, 1.165) is 0 Å². The molecule has 0 fully saturated rings. The highest BCUT2D eigenvalue weighted by molar-refractivity contribution is 5.93. The van der Waals surface area contributed by atoms with Gasteiger partial charge < -0.3 is 15.6 Å². The summed E-state index contributed by atoms with van der Waals surface area (Å²) in [5.74, 6) is -0.357. The van der Waals surface area contributed by atoms with Crippen molar-refractivity contribution in [2.75, 3.05) is 12.3 Å². The predicted molar refractivity (Wildman–Crippen MR) is 62.8 cm³/mol. The van der Waals surface area contributed by atoms with Crippen LogP contribution in [-0.4, -0.2) is 17.7 Å². The molecule has 0 aromatic heterocycles. The van der Waals surface area contributed by atoms with Crippen molar-refractivity contribution in [3.63, 3.8) is 0 Å². The molecule has 0 unspecified atom stereocenters. The number of anilines is 1. The van der Waals surface area contributed by atoms with Crippen molar-refractivity contribution in [3.05, 3.63) is 29.3 Å². The molecule has 16 heavy (non-hydrogen) atoms. The summed E-state index contributed by atoms with van der Waals surface area (Å²) in [6.07, 6.45) is 1.64. The molecule has 0 spiro atoms. The van der Waals surface area contributed by atoms with Crippen LogP contribution in [-0.2, 0) is 9.53 Å². The Labute approximate surface area is 94.3 Å². The van der Waals surface area contributed by atoms with Crippen LogP contribution in [0.25, 0.3) is 6.08 Å². The van der Waals surface area contributed by atoms with Gasteiger partial charge in [-0.05, 0) is 37.6 Å². The molecule has 0 atom stereocenters. The summed E-state index contributed by atoms with van der Waals surface area (Å²) in [6.45, 7) is 3.75. The van der Waals surface area contributed by atoms with Crippen LogP contribution in [0.4, 0.5) is 5.69 Å². The monoisotopic (exact) mass is 221 g/mol. The number of aromatic hydroxyl groups is 1. The van der Waals surface area contributed by atoms with Gasteiger partial charge in [0.05, 0.1) is 12.3 Å². The Morgan fingerprint density at radius 3 is 2.81 bits per heavy atom. The van der Waals surface area contributed by atoms with E-state index in [-0.39, 0.29) is 11.7 Å². The van der Waals surface area contributed by atoms with Gasteiger partial charge in [0.15, 0.2) is 0 Å². The Morgan fingerprint density at radius 2 is 2.25 bits per heavy atom. The van der Waals surface area contributed by atoms with Gasteiger partial charge in [-0.2, -0.15) is 0 Å². The van der Waals surface area contributed by atoms with Crippen molar-refractivity contribution < 1.29 is 14.6 Å². The van der Waals surface area contributed by atoms with Crippen molar-refractivity contribution in [1.29, 1.82) is 0 Å². The number of rotatable bonds is 3. The van der Waals surface area contributed by atoms with Crippen LogP contribution in [0.1, 0.15) is 19.4 Å². The van der Waals surface area contributed by atoms with Crippen molar-refractivity contribution in [3.8, 4) is 5.75 Å². The van der Waals surface area contributed by atoms with E-state index in [9.17, 15) is 9.90 Å². The SMILES string of the molecule is CCOC(=O)/C(C)=C/c1ccc(N)c(O)c1. The highest BCUT2D eigenvalue weighted by Crippen LogP contribution is 2.22. The minimum Gasteiger partial charge on any atom is -0.506 e. The number of carbonyl (C=O) groups is 1. The highest BCUT2D eigenvalue weighted by atomic mass is 16.5. The summed E-state index contributed by atoms with van der Waals surface area (Å²) in [4.78, 5) is 11.3. The van der Waals surface area contributed by atoms with Crippen molar-refractivity contribution in [1.82, 2.24) is 0 Å². The molecule has 0 aliphatic heterocycles. The van der Waals surface area contributed by atoms with E-state index in [4.69, 9.17) is 10.5 Å². The van der Waals surface area contributed by atoms with E-state index in [1.807, 2.05) is 0 Å². The van der Waals surface area contributed by atoms with E-state index in [0.29, 0.717) is 23.4 Å². The molecule has 0 aliphatic carbocycles. The Kier molecular flexibility index (Phi) is 3.94. The average molecular weight is 221 g/mol. The van der Waals surface area contributed by atoms with Crippen LogP contribution >= 0.6 is 0 Å². The summed E-state index contributed by atoms with van der Waals surface area (Å²) >= 11 is 0. The summed E-state index contributed by atoms with van der Waals surface area (Å²) in [5, 5.41) is 9.38. The predicted octanol–water partition coefficient (Wildman–Crippen LogP) is 1.94. The molecular weight excluding hydrogens is 206 g/mol. The first-order valence-electron chi connectivity index (χ1n) is 4.98. The molecule has 0 heterocycles. The molecule has 0 radical (unpaired) electrons. The molecule has 0 bridgehead atoms. The number of hydrogen-bond donors (Lipinski definition) is 2. The quantitative estimate of drug-likeness (QED) is 0.354. The van der Waals surface area contributed by atoms with E-state index < -0.39 is 0 Å². The zero-order chi connectivity index (χ0) is 12.1. The molecule has 0 aliphatic rings. The van der Waals surface area contributed by atoms with E-state index in [1.54, 1.807) is 32.1 Å². The fourth-order valence-corrected chi connectivity index (χ4v) is 1.20. The van der Waals surface area contributed by atoms with Crippen LogP contribution < -0.4 is 5.73 Å². The highest BCUT2D eigenvalue weighted by Gasteiger charge is 2.05. The van der Waals surface area contributed by atoms with E-state index in [1.165, 1.54) is 6.07 Å². The summed E-state index contributed by atoms with van der Waals surface area (Å²) < 4.78 is 4.84. The van der Waals surface area contributed by atoms with Crippen LogP contribution in [0.2, 0.25) is 0 Å². The summed E-state index contributed by atoms with van der Waals surface area (Å²) in [5.41, 5.74) is 6.96. The first kappa shape index (κ1) is 12.1. The Morgan fingerprint density at radius 1 is 1.56 bits per heavy atom. The van der Waals surface area contributed by atoms with Gasteiger partial charge in [-0.25, -0.2) is 4.79 Å². The third-order valence-electron chi connectivity index (χ3n) is 2.04. The van der Waals surface area contributed by atoms with Crippen molar-refractivity contribution in [2.45, 2.75) is 13.8 Å². The van der Waals surface area contributed by atoms with Gasteiger partial charge in [-0.3, -0.25) is 0 Å². The molecule has 1 aromatic rings. The molecule has 0 saturated heterocycles. The van der Waals surface area contributed by atoms with Gasteiger partial charge in [0.2, 0.25) is 0 Å². The third kappa shape index (κ3) is 3.02. The number of benzene rings is 1. The lowest BCUT2D eigenvalue weighted by atomic mass is 10.1. The van der Waals surface area contributed by atoms with Gasteiger partial charge in [-0.15, -0.1) is 0 Å². The number of nitrogens with two attached hydrogens (primary N) is 1.